The predicted octanol–water partition coefficient (Wildman–Crippen LogP) is 4.67. The first-order valence-electron chi connectivity index (χ1n) is 10.1. The number of nitrogens with zero attached hydrogens (tertiary/aromatic N) is 1. The van der Waals surface area contributed by atoms with Crippen LogP contribution in [0.4, 0.5) is 4.79 Å². The van der Waals surface area contributed by atoms with Crippen LogP contribution in [-0.2, 0) is 10.3 Å². The maximum atomic E-state index is 13.2. The zero-order chi connectivity index (χ0) is 21.7. The Kier molecular flexibility index (Phi) is 6.87. The van der Waals surface area contributed by atoms with Crippen LogP contribution in [-0.4, -0.2) is 37.1 Å². The summed E-state index contributed by atoms with van der Waals surface area (Å²) in [6.45, 7) is 4.68. The number of ether oxygens (including phenoxy) is 2. The highest BCUT2D eigenvalue weighted by molar-refractivity contribution is 6.30. The Morgan fingerprint density at radius 2 is 1.83 bits per heavy atom. The minimum Gasteiger partial charge on any atom is -0.496 e. The number of unbranched alkanes of at least 4 members (excludes halogenated alkanes) is 1. The van der Waals surface area contributed by atoms with Gasteiger partial charge in [-0.15, -0.1) is 0 Å². The fraction of sp³-hybridized carbons (Fsp3) is 0.391. The van der Waals surface area contributed by atoms with E-state index in [1.54, 1.807) is 19.2 Å². The number of amides is 3. The van der Waals surface area contributed by atoms with E-state index in [1.165, 1.54) is 4.90 Å². The second-order valence-electron chi connectivity index (χ2n) is 7.34. The van der Waals surface area contributed by atoms with Gasteiger partial charge in [0.1, 0.15) is 17.0 Å². The van der Waals surface area contributed by atoms with Crippen LogP contribution < -0.4 is 14.8 Å². The molecule has 3 amide bonds. The highest BCUT2D eigenvalue weighted by atomic mass is 35.5. The molecule has 0 aliphatic carbocycles. The third kappa shape index (κ3) is 4.38. The van der Waals surface area contributed by atoms with Gasteiger partial charge in [-0.05, 0) is 73.7 Å². The van der Waals surface area contributed by atoms with Crippen LogP contribution in [0.5, 0.6) is 11.5 Å². The van der Waals surface area contributed by atoms with E-state index in [-0.39, 0.29) is 11.9 Å². The lowest BCUT2D eigenvalue weighted by Crippen LogP contribution is -2.43. The molecular formula is C23H27ClN2O4. The molecule has 1 aliphatic heterocycles. The van der Waals surface area contributed by atoms with E-state index in [0.29, 0.717) is 31.0 Å². The summed E-state index contributed by atoms with van der Waals surface area (Å²) >= 11 is 5.86. The van der Waals surface area contributed by atoms with Gasteiger partial charge in [0.2, 0.25) is 0 Å². The normalized spacial score (nSPS) is 18.5. The summed E-state index contributed by atoms with van der Waals surface area (Å²) in [7, 11) is 1.61. The van der Waals surface area contributed by atoms with E-state index in [0.717, 1.165) is 29.0 Å². The van der Waals surface area contributed by atoms with Gasteiger partial charge in [0, 0.05) is 11.6 Å². The summed E-state index contributed by atoms with van der Waals surface area (Å²) in [6, 6.07) is 12.4. The summed E-state index contributed by atoms with van der Waals surface area (Å²) in [6.07, 6.45) is 1.86. The van der Waals surface area contributed by atoms with Crippen molar-refractivity contribution in [2.45, 2.75) is 38.6 Å². The Hall–Kier alpha value is -2.73. The molecule has 1 aliphatic rings. The zero-order valence-electron chi connectivity index (χ0n) is 17.5. The first-order valence-corrected chi connectivity index (χ1v) is 10.5. The molecule has 1 N–H and O–H groups in total. The van der Waals surface area contributed by atoms with E-state index >= 15 is 0 Å². The number of hydrogen-bond acceptors (Lipinski definition) is 4. The number of halogens is 1. The maximum Gasteiger partial charge on any atom is 0.325 e. The third-order valence-corrected chi connectivity index (χ3v) is 5.70. The highest BCUT2D eigenvalue weighted by Crippen LogP contribution is 2.34. The molecule has 7 heteroatoms. The Morgan fingerprint density at radius 3 is 2.47 bits per heavy atom. The number of aryl methyl sites for hydroxylation is 1. The molecule has 1 saturated heterocycles. The van der Waals surface area contributed by atoms with Crippen LogP contribution in [0.25, 0.3) is 0 Å². The number of carbonyl (C=O) groups is 2. The smallest absolute Gasteiger partial charge is 0.325 e. The van der Waals surface area contributed by atoms with Gasteiger partial charge in [-0.25, -0.2) is 4.79 Å². The van der Waals surface area contributed by atoms with E-state index in [9.17, 15) is 9.59 Å². The summed E-state index contributed by atoms with van der Waals surface area (Å²) < 4.78 is 11.0. The lowest BCUT2D eigenvalue weighted by Gasteiger charge is -2.26. The predicted molar refractivity (Wildman–Crippen MR) is 116 cm³/mol. The van der Waals surface area contributed by atoms with E-state index in [4.69, 9.17) is 21.1 Å². The molecule has 1 fully saturated rings. The second-order valence-corrected chi connectivity index (χ2v) is 7.78. The lowest BCUT2D eigenvalue weighted by atomic mass is 9.86. The molecule has 2 aromatic carbocycles. The number of hydrogen-bond donors (Lipinski definition) is 1. The van der Waals surface area contributed by atoms with Gasteiger partial charge < -0.3 is 14.8 Å². The van der Waals surface area contributed by atoms with Crippen LogP contribution in [0.2, 0.25) is 5.02 Å². The zero-order valence-corrected chi connectivity index (χ0v) is 18.3. The summed E-state index contributed by atoms with van der Waals surface area (Å²) in [5, 5.41) is 3.58. The van der Waals surface area contributed by atoms with Gasteiger partial charge in [0.15, 0.2) is 0 Å². The fourth-order valence-electron chi connectivity index (χ4n) is 3.71. The molecule has 30 heavy (non-hydrogen) atoms. The fourth-order valence-corrected chi connectivity index (χ4v) is 3.83. The summed E-state index contributed by atoms with van der Waals surface area (Å²) in [5.74, 6) is 1.28. The molecule has 0 aromatic heterocycles. The first-order chi connectivity index (χ1) is 14.4. The van der Waals surface area contributed by atoms with Crippen molar-refractivity contribution in [1.82, 2.24) is 10.2 Å². The van der Waals surface area contributed by atoms with Gasteiger partial charge >= 0.3 is 6.03 Å². The standard InChI is InChI=1S/C23H27ClN2O4/c1-4-23(17-7-12-20(29-3)16(2)15-17)21(27)26(22(28)25-23)13-5-6-14-30-19-10-8-18(24)9-11-19/h7-12,15H,4-6,13-14H2,1-3H3,(H,25,28). The Bertz CT molecular complexity index is 916. The lowest BCUT2D eigenvalue weighted by molar-refractivity contribution is -0.131. The third-order valence-electron chi connectivity index (χ3n) is 5.45. The number of methoxy groups -OCH3 is 1. The molecule has 0 saturated carbocycles. The van der Waals surface area contributed by atoms with Crippen molar-refractivity contribution < 1.29 is 19.1 Å². The van der Waals surface area contributed by atoms with Crippen molar-refractivity contribution in [3.8, 4) is 11.5 Å². The van der Waals surface area contributed by atoms with Crippen LogP contribution in [0.3, 0.4) is 0 Å². The van der Waals surface area contributed by atoms with Gasteiger partial charge in [-0.3, -0.25) is 9.69 Å². The second kappa shape index (κ2) is 9.39. The van der Waals surface area contributed by atoms with Gasteiger partial charge in [-0.2, -0.15) is 0 Å². The largest absolute Gasteiger partial charge is 0.496 e. The van der Waals surface area contributed by atoms with E-state index < -0.39 is 5.54 Å². The monoisotopic (exact) mass is 430 g/mol. The summed E-state index contributed by atoms with van der Waals surface area (Å²) in [5.41, 5.74) is 0.659. The average molecular weight is 431 g/mol. The molecular weight excluding hydrogens is 404 g/mol. The topological polar surface area (TPSA) is 67.9 Å². The van der Waals surface area contributed by atoms with Crippen molar-refractivity contribution in [1.29, 1.82) is 0 Å². The van der Waals surface area contributed by atoms with Gasteiger partial charge in [0.05, 0.1) is 13.7 Å². The maximum absolute atomic E-state index is 13.2. The number of rotatable bonds is 9. The molecule has 0 spiro atoms. The van der Waals surface area contributed by atoms with Crippen molar-refractivity contribution >= 4 is 23.5 Å². The molecule has 6 nitrogen and oxygen atoms in total. The van der Waals surface area contributed by atoms with Crippen molar-refractivity contribution in [2.75, 3.05) is 20.3 Å². The SMILES string of the molecule is CCC1(c2ccc(OC)c(C)c2)NC(=O)N(CCCCOc2ccc(Cl)cc2)C1=O. The Morgan fingerprint density at radius 1 is 1.10 bits per heavy atom. The molecule has 0 radical (unpaired) electrons. The Balaban J connectivity index is 1.60. The molecule has 0 bridgehead atoms. The molecule has 1 atom stereocenters. The molecule has 1 heterocycles. The van der Waals surface area contributed by atoms with Crippen LogP contribution in [0, 0.1) is 6.92 Å². The van der Waals surface area contributed by atoms with Crippen LogP contribution in [0.15, 0.2) is 42.5 Å². The van der Waals surface area contributed by atoms with E-state index in [1.807, 2.05) is 44.2 Å². The Labute approximate surface area is 182 Å². The summed E-state index contributed by atoms with van der Waals surface area (Å²) in [4.78, 5) is 27.1. The highest BCUT2D eigenvalue weighted by Gasteiger charge is 2.51. The van der Waals surface area contributed by atoms with Crippen LogP contribution >= 0.6 is 11.6 Å². The average Bonchev–Trinajstić information content (AvgIpc) is 2.99. The molecule has 2 aromatic rings. The van der Waals surface area contributed by atoms with Crippen molar-refractivity contribution in [2.24, 2.45) is 0 Å². The molecule has 1 unspecified atom stereocenters. The van der Waals surface area contributed by atoms with Gasteiger partial charge in [0.25, 0.3) is 5.91 Å². The van der Waals surface area contributed by atoms with E-state index in [2.05, 4.69) is 5.32 Å². The van der Waals surface area contributed by atoms with Gasteiger partial charge in [-0.1, -0.05) is 24.6 Å². The number of benzene rings is 2. The number of urea groups is 1. The first kappa shape index (κ1) is 22.0. The number of nitrogens with one attached hydrogen (secondary N) is 1. The molecule has 160 valence electrons. The number of imide groups is 1. The van der Waals surface area contributed by atoms with Crippen molar-refractivity contribution in [3.63, 3.8) is 0 Å². The quantitative estimate of drug-likeness (QED) is 0.463. The van der Waals surface area contributed by atoms with Crippen LogP contribution in [0.1, 0.15) is 37.3 Å². The minimum absolute atomic E-state index is 0.210. The van der Waals surface area contributed by atoms with Crippen molar-refractivity contribution in [3.05, 3.63) is 58.6 Å². The molecule has 3 rings (SSSR count). The number of carbonyl (C=O) groups excluding carboxylic acids is 2. The minimum atomic E-state index is -1.03.